The van der Waals surface area contributed by atoms with Crippen molar-refractivity contribution >= 4 is 17.1 Å². The van der Waals surface area contributed by atoms with Gasteiger partial charge in [-0.3, -0.25) is 4.98 Å². The second kappa shape index (κ2) is 12.3. The third-order valence-electron chi connectivity index (χ3n) is 6.30. The fourth-order valence-electron chi connectivity index (χ4n) is 4.41. The molecule has 0 radical (unpaired) electrons. The van der Waals surface area contributed by atoms with Crippen LogP contribution in [0.1, 0.15) is 37.9 Å². The van der Waals surface area contributed by atoms with Gasteiger partial charge in [-0.1, -0.05) is 30.3 Å². The highest BCUT2D eigenvalue weighted by atomic mass is 19.1. The molecule has 9 nitrogen and oxygen atoms in total. The summed E-state index contributed by atoms with van der Waals surface area (Å²) < 4.78 is 25.2. The van der Waals surface area contributed by atoms with E-state index in [2.05, 4.69) is 20.3 Å². The number of nitrogens with one attached hydrogen (secondary N) is 2. The Bertz CT molecular complexity index is 1710. The van der Waals surface area contributed by atoms with Crippen molar-refractivity contribution in [2.24, 2.45) is 0 Å². The third kappa shape index (κ3) is 7.25. The quantitative estimate of drug-likeness (QED) is 0.203. The van der Waals surface area contributed by atoms with E-state index in [1.165, 1.54) is 6.07 Å². The van der Waals surface area contributed by atoms with Gasteiger partial charge in [-0.15, -0.1) is 0 Å². The number of fused-ring (bicyclic) bond motifs is 1. The zero-order chi connectivity index (χ0) is 29.7. The van der Waals surface area contributed by atoms with Crippen molar-refractivity contribution < 1.29 is 18.7 Å². The molecule has 0 unspecified atom stereocenters. The van der Waals surface area contributed by atoms with Crippen LogP contribution in [0.25, 0.3) is 33.7 Å². The fraction of sp³-hybridized carbons (Fsp3) is 0.281. The number of halogens is 1. The summed E-state index contributed by atoms with van der Waals surface area (Å²) in [5, 5.41) is 2.66. The lowest BCUT2D eigenvalue weighted by Crippen LogP contribution is -2.34. The van der Waals surface area contributed by atoms with Crippen LogP contribution in [0.5, 0.6) is 5.88 Å². The minimum absolute atomic E-state index is 0.201. The Kier molecular flexibility index (Phi) is 8.42. The van der Waals surface area contributed by atoms with Crippen molar-refractivity contribution in [2.45, 2.75) is 46.1 Å². The van der Waals surface area contributed by atoms with E-state index in [1.807, 2.05) is 49.4 Å². The topological polar surface area (TPSA) is 115 Å². The number of carbonyl (C=O) groups excluding carboxylic acids is 1. The van der Waals surface area contributed by atoms with Crippen molar-refractivity contribution in [1.29, 1.82) is 0 Å². The van der Waals surface area contributed by atoms with Crippen LogP contribution in [0.2, 0.25) is 0 Å². The monoisotopic (exact) mass is 568 g/mol. The third-order valence-corrected chi connectivity index (χ3v) is 6.30. The van der Waals surface area contributed by atoms with E-state index in [4.69, 9.17) is 19.4 Å². The summed E-state index contributed by atoms with van der Waals surface area (Å²) >= 11 is 0. The Labute approximate surface area is 243 Å². The molecular formula is C32H33FN6O3. The number of ether oxygens (including phenoxy) is 2. The summed E-state index contributed by atoms with van der Waals surface area (Å²) in [6.45, 7) is 7.81. The molecule has 0 aliphatic rings. The van der Waals surface area contributed by atoms with Gasteiger partial charge in [0.15, 0.2) is 0 Å². The summed E-state index contributed by atoms with van der Waals surface area (Å²) in [5.74, 6) is 0.836. The maximum absolute atomic E-state index is 14.2. The number of amides is 1. The number of carbonyl (C=O) groups is 1. The molecule has 2 aromatic carbocycles. The molecule has 0 saturated carbocycles. The predicted molar refractivity (Wildman–Crippen MR) is 159 cm³/mol. The summed E-state index contributed by atoms with van der Waals surface area (Å²) in [4.78, 5) is 34.0. The van der Waals surface area contributed by atoms with Gasteiger partial charge in [-0.2, -0.15) is 0 Å². The summed E-state index contributed by atoms with van der Waals surface area (Å²) in [6, 6.07) is 18.3. The number of hydrogen-bond donors (Lipinski definition) is 2. The molecule has 5 rings (SSSR count). The molecule has 0 saturated heterocycles. The lowest BCUT2D eigenvalue weighted by molar-refractivity contribution is 0.0520. The van der Waals surface area contributed by atoms with Gasteiger partial charge in [-0.05, 0) is 70.0 Å². The van der Waals surface area contributed by atoms with Crippen LogP contribution in [-0.2, 0) is 17.6 Å². The Balaban J connectivity index is 1.38. The fourth-order valence-corrected chi connectivity index (χ4v) is 4.41. The average molecular weight is 569 g/mol. The van der Waals surface area contributed by atoms with Crippen LogP contribution in [0, 0.1) is 12.7 Å². The van der Waals surface area contributed by atoms with Gasteiger partial charge in [0.05, 0.1) is 40.9 Å². The highest BCUT2D eigenvalue weighted by molar-refractivity contribution is 5.85. The number of nitrogens with zero attached hydrogens (tertiary/aromatic N) is 4. The van der Waals surface area contributed by atoms with Gasteiger partial charge < -0.3 is 19.8 Å². The second-order valence-corrected chi connectivity index (χ2v) is 10.9. The molecule has 10 heteroatoms. The molecule has 0 spiro atoms. The number of pyridine rings is 1. The minimum atomic E-state index is -0.573. The van der Waals surface area contributed by atoms with E-state index < -0.39 is 11.7 Å². The summed E-state index contributed by atoms with van der Waals surface area (Å²) in [6.07, 6.45) is 2.08. The number of aromatic nitrogens is 5. The lowest BCUT2D eigenvalue weighted by Gasteiger charge is -2.19. The Hall–Kier alpha value is -4.86. The van der Waals surface area contributed by atoms with Gasteiger partial charge in [0, 0.05) is 17.7 Å². The summed E-state index contributed by atoms with van der Waals surface area (Å²) in [7, 11) is 0. The molecule has 216 valence electrons. The van der Waals surface area contributed by atoms with Crippen LogP contribution in [0.4, 0.5) is 9.18 Å². The molecule has 2 N–H and O–H groups in total. The maximum Gasteiger partial charge on any atom is 0.407 e. The number of aromatic amines is 1. The van der Waals surface area contributed by atoms with E-state index in [-0.39, 0.29) is 19.0 Å². The van der Waals surface area contributed by atoms with Gasteiger partial charge >= 0.3 is 6.09 Å². The normalized spacial score (nSPS) is 11.5. The highest BCUT2D eigenvalue weighted by Gasteiger charge is 2.18. The van der Waals surface area contributed by atoms with E-state index in [9.17, 15) is 9.18 Å². The Morgan fingerprint density at radius 2 is 1.81 bits per heavy atom. The predicted octanol–water partition coefficient (Wildman–Crippen LogP) is 6.22. The molecule has 5 aromatic rings. The second-order valence-electron chi connectivity index (χ2n) is 10.9. The molecule has 1 amide bonds. The molecular weight excluding hydrogens is 535 g/mol. The van der Waals surface area contributed by atoms with Crippen LogP contribution in [0.15, 0.2) is 66.9 Å². The number of benzene rings is 2. The molecule has 0 fully saturated rings. The molecule has 0 atom stereocenters. The van der Waals surface area contributed by atoms with Crippen molar-refractivity contribution in [3.8, 4) is 28.5 Å². The number of hydrogen-bond acceptors (Lipinski definition) is 7. The SMILES string of the molecule is Cc1cccc(-c2[nH]c(CCc3ccccc3F)nc2-c2ccc3ncc(OCCNC(=O)OC(C)(C)C)nc3c2)n1. The number of alkyl carbamates (subject to hydrolysis) is 1. The van der Waals surface area contributed by atoms with Crippen molar-refractivity contribution in [1.82, 2.24) is 30.2 Å². The lowest BCUT2D eigenvalue weighted by atomic mass is 10.1. The van der Waals surface area contributed by atoms with Crippen molar-refractivity contribution in [3.05, 3.63) is 89.8 Å². The standard InChI is InChI=1S/C32H33FN6O3/c1-20-8-7-11-25(36-20)30-29(38-27(39-30)15-13-21-9-5-6-10-23(21)33)22-12-14-24-26(18-22)37-28(19-35-24)41-17-16-34-31(40)42-32(2,3)4/h5-12,14,18-19H,13,15-17H2,1-4H3,(H,34,40)(H,38,39). The van der Waals surface area contributed by atoms with Crippen molar-refractivity contribution in [3.63, 3.8) is 0 Å². The first-order valence-electron chi connectivity index (χ1n) is 13.8. The number of aryl methyl sites for hydroxylation is 3. The molecule has 0 aliphatic carbocycles. The van der Waals surface area contributed by atoms with Crippen LogP contribution < -0.4 is 10.1 Å². The summed E-state index contributed by atoms with van der Waals surface area (Å²) in [5.41, 5.74) is 5.35. The highest BCUT2D eigenvalue weighted by Crippen LogP contribution is 2.31. The van der Waals surface area contributed by atoms with Crippen molar-refractivity contribution in [2.75, 3.05) is 13.2 Å². The molecule has 0 bridgehead atoms. The maximum atomic E-state index is 14.2. The van der Waals surface area contributed by atoms with E-state index in [0.717, 1.165) is 28.5 Å². The van der Waals surface area contributed by atoms with Gasteiger partial charge in [0.25, 0.3) is 0 Å². The van der Waals surface area contributed by atoms with E-state index in [0.29, 0.717) is 41.0 Å². The van der Waals surface area contributed by atoms with Gasteiger partial charge in [0.2, 0.25) is 5.88 Å². The largest absolute Gasteiger partial charge is 0.475 e. The minimum Gasteiger partial charge on any atom is -0.475 e. The first-order chi connectivity index (χ1) is 20.1. The average Bonchev–Trinajstić information content (AvgIpc) is 3.38. The first-order valence-corrected chi connectivity index (χ1v) is 13.8. The number of imidazole rings is 1. The van der Waals surface area contributed by atoms with Crippen LogP contribution >= 0.6 is 0 Å². The Morgan fingerprint density at radius 3 is 2.60 bits per heavy atom. The number of H-pyrrole nitrogens is 1. The van der Waals surface area contributed by atoms with Crippen LogP contribution in [0.3, 0.4) is 0 Å². The molecule has 0 aliphatic heterocycles. The van der Waals surface area contributed by atoms with Gasteiger partial charge in [0.1, 0.15) is 23.8 Å². The smallest absolute Gasteiger partial charge is 0.407 e. The zero-order valence-electron chi connectivity index (χ0n) is 24.1. The molecule has 3 heterocycles. The zero-order valence-corrected chi connectivity index (χ0v) is 24.1. The van der Waals surface area contributed by atoms with Crippen LogP contribution in [-0.4, -0.2) is 49.8 Å². The van der Waals surface area contributed by atoms with E-state index >= 15 is 0 Å². The first kappa shape index (κ1) is 28.7. The molecule has 42 heavy (non-hydrogen) atoms. The van der Waals surface area contributed by atoms with Gasteiger partial charge in [-0.25, -0.2) is 24.1 Å². The Morgan fingerprint density at radius 1 is 0.976 bits per heavy atom. The van der Waals surface area contributed by atoms with E-state index in [1.54, 1.807) is 39.1 Å². The number of rotatable bonds is 9. The molecule has 3 aromatic heterocycles.